The molecule has 6 atom stereocenters. The first-order valence-electron chi connectivity index (χ1n) is 15.9. The molecule has 0 aliphatic heterocycles. The first-order valence-corrected chi connectivity index (χ1v) is 22.4. The fourth-order valence-corrected chi connectivity index (χ4v) is 13.8. The van der Waals surface area contributed by atoms with Gasteiger partial charge in [-0.15, -0.1) is 0 Å². The van der Waals surface area contributed by atoms with Gasteiger partial charge in [-0.3, -0.25) is 19.2 Å². The van der Waals surface area contributed by atoms with Gasteiger partial charge in [0.15, 0.2) is 0 Å². The number of carboxylic acid groups (broad SMARTS) is 1. The maximum atomic E-state index is 12.7. The van der Waals surface area contributed by atoms with E-state index in [1.807, 2.05) is 113 Å². The third-order valence-corrected chi connectivity index (χ3v) is 14.5. The average Bonchev–Trinajstić information content (AvgIpc) is 3.12. The molecule has 0 bridgehead atoms. The number of anilines is 2. The van der Waals surface area contributed by atoms with Gasteiger partial charge in [0, 0.05) is 53.4 Å². The molecule has 2 rings (SSSR count). The van der Waals surface area contributed by atoms with Crippen molar-refractivity contribution in [2.24, 2.45) is 0 Å². The molecule has 0 saturated heterocycles. The van der Waals surface area contributed by atoms with Crippen LogP contribution in [0.1, 0.15) is 50.5 Å². The van der Waals surface area contributed by atoms with Crippen LogP contribution >= 0.6 is 136 Å². The average molecular weight is 1470 g/mol. The number of carbonyl (C=O) groups excluding carboxylic acids is 5. The van der Waals surface area contributed by atoms with E-state index in [2.05, 4.69) is 21.3 Å². The van der Waals surface area contributed by atoms with E-state index in [0.717, 1.165) is 0 Å². The lowest BCUT2D eigenvalue weighted by Crippen LogP contribution is -2.57. The molecule has 0 radical (unpaired) electrons. The first-order chi connectivity index (χ1) is 25.8. The fourth-order valence-electron chi connectivity index (χ4n) is 5.19. The molecule has 2 aromatic rings. The van der Waals surface area contributed by atoms with Crippen molar-refractivity contribution in [1.82, 2.24) is 10.6 Å². The highest BCUT2D eigenvalue weighted by Crippen LogP contribution is 2.38. The summed E-state index contributed by atoms with van der Waals surface area (Å²) < 4.78 is 2.66. The number of carbonyl (C=O) groups is 5. The van der Waals surface area contributed by atoms with E-state index in [9.17, 15) is 59.7 Å². The third-order valence-electron chi connectivity index (χ3n) is 7.79. The van der Waals surface area contributed by atoms with E-state index >= 15 is 0 Å². The minimum Gasteiger partial charge on any atom is -0.545 e. The number of benzene rings is 2. The van der Waals surface area contributed by atoms with Crippen molar-refractivity contribution in [1.29, 1.82) is 0 Å². The Hall–Kier alpha value is -0.150. The topological polar surface area (TPSA) is 298 Å². The van der Waals surface area contributed by atoms with Crippen LogP contribution in [0.2, 0.25) is 0 Å². The smallest absolute Gasteiger partial charge is 0.253 e. The molecular formula is C32H41I6N5O13. The highest BCUT2D eigenvalue weighted by atomic mass is 127. The number of halogens is 6. The van der Waals surface area contributed by atoms with E-state index in [1.165, 1.54) is 27.9 Å². The number of carboxylic acids is 1. The molecule has 0 aliphatic carbocycles. The van der Waals surface area contributed by atoms with Crippen LogP contribution < -0.4 is 26.4 Å². The van der Waals surface area contributed by atoms with Gasteiger partial charge in [0.25, 0.3) is 11.8 Å². The number of nitrogens with zero attached hydrogens (tertiary/aromatic N) is 1. The Morgan fingerprint density at radius 3 is 1.43 bits per heavy atom. The van der Waals surface area contributed by atoms with Gasteiger partial charge in [-0.05, 0) is 136 Å². The molecule has 0 aromatic heterocycles. The van der Waals surface area contributed by atoms with Gasteiger partial charge in [-0.2, -0.15) is 0 Å². The lowest BCUT2D eigenvalue weighted by Gasteiger charge is -2.39. The standard InChI is InChI=1S/C21H32I3N3O9.C11H9I3N2O4/c1-9(30)26-18-16(23)11(15(22)14(17(18)24)21(36)25-2)5-27(3,4-10(31)7-28)6-12(32)19(34)20(35)13(33)8-29;1-3(17)16-9-7(13)4(10(18)15-2)6(12)5(8(9)14)11(19)20/h10,12-13,19-20,28-29,31-35H,4-8H2,1-3H3,(H-,25,26,30,36);1-2H3,(H,15,18)(H,16,17)(H,19,20). The second kappa shape index (κ2) is 24.3. The predicted molar refractivity (Wildman–Crippen MR) is 253 cm³/mol. The predicted octanol–water partition coefficient (Wildman–Crippen LogP) is -0.264. The largest absolute Gasteiger partial charge is 0.545 e. The molecule has 56 heavy (non-hydrogen) atoms. The molecule has 24 heteroatoms. The summed E-state index contributed by atoms with van der Waals surface area (Å²) in [7, 11) is 4.57. The summed E-state index contributed by atoms with van der Waals surface area (Å²) in [4.78, 5) is 59.1. The van der Waals surface area contributed by atoms with Crippen LogP contribution in [0.4, 0.5) is 11.4 Å². The van der Waals surface area contributed by atoms with E-state index in [1.54, 1.807) is 29.6 Å². The highest BCUT2D eigenvalue weighted by Gasteiger charge is 2.38. The first kappa shape index (κ1) is 53.9. The van der Waals surface area contributed by atoms with E-state index in [4.69, 9.17) is 5.11 Å². The number of aliphatic hydroxyl groups excluding tert-OH is 7. The van der Waals surface area contributed by atoms with Gasteiger partial charge < -0.3 is 71.4 Å². The highest BCUT2D eigenvalue weighted by molar-refractivity contribution is 14.1. The molecule has 18 nitrogen and oxygen atoms in total. The van der Waals surface area contributed by atoms with Crippen molar-refractivity contribution in [3.63, 3.8) is 0 Å². The molecule has 4 amide bonds. The number of rotatable bonds is 16. The molecule has 11 N–H and O–H groups in total. The number of aliphatic hydroxyl groups is 7. The van der Waals surface area contributed by atoms with Crippen LogP contribution in [-0.2, 0) is 16.1 Å². The van der Waals surface area contributed by atoms with Crippen molar-refractivity contribution in [3.05, 3.63) is 43.7 Å². The number of hydrogen-bond donors (Lipinski definition) is 11. The minimum atomic E-state index is -1.83. The van der Waals surface area contributed by atoms with Crippen LogP contribution in [0.3, 0.4) is 0 Å². The minimum absolute atomic E-state index is 0.0815. The van der Waals surface area contributed by atoms with Gasteiger partial charge >= 0.3 is 0 Å². The zero-order valence-electron chi connectivity index (χ0n) is 30.2. The molecule has 0 saturated carbocycles. The Bertz CT molecular complexity index is 1810. The van der Waals surface area contributed by atoms with Crippen LogP contribution in [0.15, 0.2) is 0 Å². The van der Waals surface area contributed by atoms with Crippen LogP contribution in [-0.4, -0.2) is 148 Å². The number of nitrogens with one attached hydrogen (secondary N) is 4. The summed E-state index contributed by atoms with van der Waals surface area (Å²) in [5.74, 6) is -2.90. The number of hydrogen-bond acceptors (Lipinski definition) is 13. The SMILES string of the molecule is CNC(=O)c1c(I)c(C[N+](C)(CC(O)CO)CC(O)C(O)C(O)C(O)CO)c(I)c(NC(C)=O)c1I.CNC(=O)c1c(I)c(NC(C)=O)c(I)c(C(=O)[O-])c1I. The summed E-state index contributed by atoms with van der Waals surface area (Å²) in [6.07, 6.45) is -8.11. The molecule has 0 heterocycles. The maximum Gasteiger partial charge on any atom is 0.253 e. The van der Waals surface area contributed by atoms with Crippen molar-refractivity contribution in [2.75, 3.05) is 58.1 Å². The number of likely N-dealkylation sites (N-methyl/N-ethyl adjacent to an activating group) is 1. The Morgan fingerprint density at radius 2 is 1.04 bits per heavy atom. The van der Waals surface area contributed by atoms with Crippen molar-refractivity contribution in [2.45, 2.75) is 50.9 Å². The summed E-state index contributed by atoms with van der Waals surface area (Å²) in [6, 6.07) is 0. The van der Waals surface area contributed by atoms with Crippen LogP contribution in [0, 0.1) is 21.4 Å². The number of quaternary nitrogens is 1. The van der Waals surface area contributed by atoms with Crippen LogP contribution in [0.25, 0.3) is 0 Å². The molecular weight excluding hydrogens is 1420 g/mol. The number of aromatic carboxylic acids is 1. The fraction of sp³-hybridized carbons (Fsp3) is 0.469. The van der Waals surface area contributed by atoms with Crippen molar-refractivity contribution in [3.8, 4) is 0 Å². The normalized spacial score (nSPS) is 14.8. The van der Waals surface area contributed by atoms with Gasteiger partial charge in [0.2, 0.25) is 11.8 Å². The zero-order chi connectivity index (χ0) is 43.6. The summed E-state index contributed by atoms with van der Waals surface area (Å²) in [6.45, 7) is 1.02. The second-order valence-corrected chi connectivity index (χ2v) is 18.8. The Morgan fingerprint density at radius 1 is 0.625 bits per heavy atom. The quantitative estimate of drug-likeness (QED) is 0.0764. The zero-order valence-corrected chi connectivity index (χ0v) is 43.2. The Kier molecular flexibility index (Phi) is 23.4. The summed E-state index contributed by atoms with van der Waals surface area (Å²) in [5, 5.41) is 91.1. The molecule has 0 fully saturated rings. The number of amides is 4. The Labute approximate surface area is 404 Å². The lowest BCUT2D eigenvalue weighted by molar-refractivity contribution is -0.928. The van der Waals surface area contributed by atoms with Crippen molar-refractivity contribution < 1.29 is 69.3 Å². The van der Waals surface area contributed by atoms with E-state index < -0.39 is 55.6 Å². The van der Waals surface area contributed by atoms with Gasteiger partial charge in [0.1, 0.15) is 50.2 Å². The summed E-state index contributed by atoms with van der Waals surface area (Å²) in [5.41, 5.74) is 1.77. The van der Waals surface area contributed by atoms with Crippen LogP contribution in [0.5, 0.6) is 0 Å². The van der Waals surface area contributed by atoms with E-state index in [-0.39, 0.29) is 56.5 Å². The molecule has 314 valence electrons. The lowest BCUT2D eigenvalue weighted by atomic mass is 10.0. The van der Waals surface area contributed by atoms with Crippen molar-refractivity contribution >= 4 is 177 Å². The second-order valence-electron chi connectivity index (χ2n) is 12.3. The van der Waals surface area contributed by atoms with E-state index in [0.29, 0.717) is 40.4 Å². The maximum absolute atomic E-state index is 12.7. The third kappa shape index (κ3) is 14.2. The summed E-state index contributed by atoms with van der Waals surface area (Å²) >= 11 is 11.6. The molecule has 6 unspecified atom stereocenters. The molecule has 2 aromatic carbocycles. The Balaban J connectivity index is 0.000000660. The van der Waals surface area contributed by atoms with Gasteiger partial charge in [0.05, 0.1) is 55.9 Å². The van der Waals surface area contributed by atoms with Gasteiger partial charge in [-0.25, -0.2) is 0 Å². The monoisotopic (exact) mass is 1460 g/mol. The van der Waals surface area contributed by atoms with Gasteiger partial charge in [-0.1, -0.05) is 0 Å². The molecule has 0 spiro atoms. The molecule has 0 aliphatic rings.